The largest absolute Gasteiger partial charge is 0.467 e. The molecule has 1 fully saturated rings. The maximum atomic E-state index is 11.4. The van der Waals surface area contributed by atoms with Gasteiger partial charge in [0, 0.05) is 0 Å². The molecule has 1 aliphatic heterocycles. The SMILES string of the molecule is COC(=O)[C@H]1[C@H](CCc2ccccc2)N1C(=O)O. The van der Waals surface area contributed by atoms with Crippen molar-refractivity contribution in [2.75, 3.05) is 7.11 Å². The highest BCUT2D eigenvalue weighted by atomic mass is 16.5. The first-order valence-corrected chi connectivity index (χ1v) is 5.78. The van der Waals surface area contributed by atoms with Gasteiger partial charge in [0.2, 0.25) is 0 Å². The van der Waals surface area contributed by atoms with E-state index in [1.165, 1.54) is 7.11 Å². The van der Waals surface area contributed by atoms with E-state index in [4.69, 9.17) is 5.11 Å². The molecule has 0 spiro atoms. The van der Waals surface area contributed by atoms with E-state index in [1.54, 1.807) is 0 Å². The molecular weight excluding hydrogens is 234 g/mol. The molecule has 1 aromatic rings. The Kier molecular flexibility index (Phi) is 3.50. The predicted molar refractivity (Wildman–Crippen MR) is 64.2 cm³/mol. The second kappa shape index (κ2) is 5.08. The fraction of sp³-hybridized carbons (Fsp3) is 0.385. The van der Waals surface area contributed by atoms with Crippen LogP contribution in [0.25, 0.3) is 0 Å². The summed E-state index contributed by atoms with van der Waals surface area (Å²) < 4.78 is 4.59. The van der Waals surface area contributed by atoms with Crippen molar-refractivity contribution in [2.24, 2.45) is 0 Å². The van der Waals surface area contributed by atoms with Crippen LogP contribution in [0.2, 0.25) is 0 Å². The van der Waals surface area contributed by atoms with Crippen LogP contribution in [0.1, 0.15) is 12.0 Å². The van der Waals surface area contributed by atoms with Crippen LogP contribution in [0, 0.1) is 0 Å². The Bertz CT molecular complexity index is 446. The van der Waals surface area contributed by atoms with E-state index in [1.807, 2.05) is 30.3 Å². The molecule has 96 valence electrons. The van der Waals surface area contributed by atoms with Crippen molar-refractivity contribution in [1.29, 1.82) is 0 Å². The maximum Gasteiger partial charge on any atom is 0.408 e. The fourth-order valence-corrected chi connectivity index (χ4v) is 2.19. The van der Waals surface area contributed by atoms with E-state index >= 15 is 0 Å². The second-order valence-corrected chi connectivity index (χ2v) is 4.25. The molecule has 0 unspecified atom stereocenters. The second-order valence-electron chi connectivity index (χ2n) is 4.25. The molecule has 2 atom stereocenters. The molecule has 18 heavy (non-hydrogen) atoms. The lowest BCUT2D eigenvalue weighted by atomic mass is 10.1. The average Bonchev–Trinajstić information content (AvgIpc) is 3.11. The van der Waals surface area contributed by atoms with Gasteiger partial charge < -0.3 is 9.84 Å². The number of hydrogen-bond acceptors (Lipinski definition) is 3. The maximum absolute atomic E-state index is 11.4. The Labute approximate surface area is 105 Å². The number of rotatable bonds is 4. The number of methoxy groups -OCH3 is 1. The van der Waals surface area contributed by atoms with Gasteiger partial charge in [-0.25, -0.2) is 9.59 Å². The third-order valence-corrected chi connectivity index (χ3v) is 3.17. The van der Waals surface area contributed by atoms with Gasteiger partial charge in [0.1, 0.15) is 0 Å². The highest BCUT2D eigenvalue weighted by molar-refractivity contribution is 5.87. The van der Waals surface area contributed by atoms with E-state index in [-0.39, 0.29) is 6.04 Å². The van der Waals surface area contributed by atoms with Crippen LogP contribution < -0.4 is 0 Å². The molecule has 1 aromatic carbocycles. The summed E-state index contributed by atoms with van der Waals surface area (Å²) in [6.45, 7) is 0. The molecule has 0 radical (unpaired) electrons. The summed E-state index contributed by atoms with van der Waals surface area (Å²) in [7, 11) is 1.27. The number of carboxylic acid groups (broad SMARTS) is 1. The number of nitrogens with zero attached hydrogens (tertiary/aromatic N) is 1. The number of aryl methyl sites for hydroxylation is 1. The van der Waals surface area contributed by atoms with Crippen molar-refractivity contribution in [3.8, 4) is 0 Å². The van der Waals surface area contributed by atoms with Gasteiger partial charge in [0.15, 0.2) is 6.04 Å². The number of esters is 1. The lowest BCUT2D eigenvalue weighted by molar-refractivity contribution is -0.140. The van der Waals surface area contributed by atoms with Crippen LogP contribution in [-0.4, -0.2) is 41.3 Å². The summed E-state index contributed by atoms with van der Waals surface area (Å²) in [6, 6.07) is 8.90. The number of amides is 1. The van der Waals surface area contributed by atoms with Crippen molar-refractivity contribution < 1.29 is 19.4 Å². The third kappa shape index (κ3) is 2.45. The predicted octanol–water partition coefficient (Wildman–Crippen LogP) is 1.52. The van der Waals surface area contributed by atoms with E-state index in [0.717, 1.165) is 16.9 Å². The first kappa shape index (κ1) is 12.4. The minimum absolute atomic E-state index is 0.254. The van der Waals surface area contributed by atoms with Crippen molar-refractivity contribution in [1.82, 2.24) is 4.90 Å². The Hall–Kier alpha value is -2.04. The highest BCUT2D eigenvalue weighted by Crippen LogP contribution is 2.33. The summed E-state index contributed by atoms with van der Waals surface area (Å²) in [5.74, 6) is -0.476. The summed E-state index contributed by atoms with van der Waals surface area (Å²) >= 11 is 0. The minimum Gasteiger partial charge on any atom is -0.467 e. The molecule has 0 aliphatic carbocycles. The minimum atomic E-state index is -1.07. The lowest BCUT2D eigenvalue weighted by Crippen LogP contribution is -2.17. The van der Waals surface area contributed by atoms with Gasteiger partial charge in [-0.2, -0.15) is 0 Å². The van der Waals surface area contributed by atoms with E-state index in [9.17, 15) is 9.59 Å². The van der Waals surface area contributed by atoms with Gasteiger partial charge in [-0.05, 0) is 18.4 Å². The zero-order chi connectivity index (χ0) is 13.1. The average molecular weight is 249 g/mol. The van der Waals surface area contributed by atoms with Gasteiger partial charge in [0.25, 0.3) is 0 Å². The fourth-order valence-electron chi connectivity index (χ4n) is 2.19. The molecule has 1 aliphatic rings. The van der Waals surface area contributed by atoms with Crippen LogP contribution in [0.3, 0.4) is 0 Å². The zero-order valence-electron chi connectivity index (χ0n) is 10.1. The Balaban J connectivity index is 1.93. The van der Waals surface area contributed by atoms with Crippen molar-refractivity contribution in [3.05, 3.63) is 35.9 Å². The van der Waals surface area contributed by atoms with Crippen molar-refractivity contribution in [2.45, 2.75) is 24.9 Å². The zero-order valence-corrected chi connectivity index (χ0v) is 10.1. The molecule has 1 amide bonds. The van der Waals surface area contributed by atoms with E-state index in [2.05, 4.69) is 4.74 Å². The number of hydrogen-bond donors (Lipinski definition) is 1. The van der Waals surface area contributed by atoms with Crippen LogP contribution in [0.15, 0.2) is 30.3 Å². The molecule has 0 aromatic heterocycles. The molecule has 2 rings (SSSR count). The topological polar surface area (TPSA) is 66.6 Å². The monoisotopic (exact) mass is 249 g/mol. The summed E-state index contributed by atoms with van der Waals surface area (Å²) in [6.07, 6.45) is 0.322. The van der Waals surface area contributed by atoms with Crippen LogP contribution in [0.4, 0.5) is 4.79 Å². The number of carbonyl (C=O) groups is 2. The Morgan fingerprint density at radius 1 is 1.33 bits per heavy atom. The van der Waals surface area contributed by atoms with E-state index < -0.39 is 18.1 Å². The first-order valence-electron chi connectivity index (χ1n) is 5.78. The molecule has 5 heteroatoms. The first-order chi connectivity index (χ1) is 8.65. The molecule has 0 bridgehead atoms. The molecular formula is C13H15NO4. The standard InChI is InChI=1S/C13H15NO4/c1-18-12(15)11-10(14(11)13(16)17)8-7-9-5-3-2-4-6-9/h2-6,10-11H,7-8H2,1H3,(H,16,17)/t10-,11+,14?/m0/s1. The normalized spacial score (nSPS) is 21.5. The van der Waals surface area contributed by atoms with Gasteiger partial charge in [-0.15, -0.1) is 0 Å². The van der Waals surface area contributed by atoms with Crippen LogP contribution in [0.5, 0.6) is 0 Å². The van der Waals surface area contributed by atoms with Crippen LogP contribution >= 0.6 is 0 Å². The summed E-state index contributed by atoms with van der Waals surface area (Å²) in [5, 5.41) is 8.95. The smallest absolute Gasteiger partial charge is 0.408 e. The van der Waals surface area contributed by atoms with Crippen molar-refractivity contribution >= 4 is 12.1 Å². The number of ether oxygens (including phenoxy) is 1. The van der Waals surface area contributed by atoms with Crippen LogP contribution in [-0.2, 0) is 16.0 Å². The van der Waals surface area contributed by atoms with Gasteiger partial charge >= 0.3 is 12.1 Å². The van der Waals surface area contributed by atoms with Gasteiger partial charge in [0.05, 0.1) is 13.2 Å². The molecule has 1 saturated heterocycles. The van der Waals surface area contributed by atoms with E-state index in [0.29, 0.717) is 6.42 Å². The summed E-state index contributed by atoms with van der Waals surface area (Å²) in [4.78, 5) is 23.5. The number of benzene rings is 1. The van der Waals surface area contributed by atoms with Gasteiger partial charge in [-0.3, -0.25) is 4.90 Å². The third-order valence-electron chi connectivity index (χ3n) is 3.17. The Morgan fingerprint density at radius 3 is 2.56 bits per heavy atom. The highest BCUT2D eigenvalue weighted by Gasteiger charge is 2.56. The van der Waals surface area contributed by atoms with Crippen molar-refractivity contribution in [3.63, 3.8) is 0 Å². The molecule has 5 nitrogen and oxygen atoms in total. The molecule has 1 heterocycles. The molecule has 0 saturated carbocycles. The lowest BCUT2D eigenvalue weighted by Gasteiger charge is -1.99. The quantitative estimate of drug-likeness (QED) is 0.649. The molecule has 1 N–H and O–H groups in total. The van der Waals surface area contributed by atoms with Gasteiger partial charge in [-0.1, -0.05) is 30.3 Å². The number of carbonyl (C=O) groups excluding carboxylic acids is 1. The Morgan fingerprint density at radius 2 is 2.00 bits per heavy atom. The summed E-state index contributed by atoms with van der Waals surface area (Å²) in [5.41, 5.74) is 1.14.